The highest BCUT2D eigenvalue weighted by atomic mass is 32.2. The number of amides is 1. The van der Waals surface area contributed by atoms with Crippen molar-refractivity contribution in [3.05, 3.63) is 0 Å². The zero-order chi connectivity index (χ0) is 16.1. The Labute approximate surface area is 124 Å². The molecule has 21 heavy (non-hydrogen) atoms. The van der Waals surface area contributed by atoms with Crippen molar-refractivity contribution in [1.82, 2.24) is 9.44 Å². The van der Waals surface area contributed by atoms with Gasteiger partial charge in [0.2, 0.25) is 0 Å². The fourth-order valence-corrected chi connectivity index (χ4v) is 3.66. The summed E-state index contributed by atoms with van der Waals surface area (Å²) in [5, 5.41) is 8.98. The number of carbonyl (C=O) groups excluding carboxylic acids is 1. The Morgan fingerprint density at radius 3 is 2.29 bits per heavy atom. The topological polar surface area (TPSA) is 122 Å². The number of carboxylic acid groups (broad SMARTS) is 1. The van der Waals surface area contributed by atoms with Crippen molar-refractivity contribution < 1.29 is 27.9 Å². The molecule has 0 aromatic rings. The van der Waals surface area contributed by atoms with Crippen LogP contribution in [-0.2, 0) is 19.7 Å². The molecule has 0 atom stereocenters. The summed E-state index contributed by atoms with van der Waals surface area (Å²) >= 11 is 0. The first-order chi connectivity index (χ1) is 9.64. The summed E-state index contributed by atoms with van der Waals surface area (Å²) in [5.41, 5.74) is -1.05. The maximum atomic E-state index is 12.0. The van der Waals surface area contributed by atoms with E-state index < -0.39 is 33.9 Å². The Bertz CT molecular complexity index is 482. The lowest BCUT2D eigenvalue weighted by molar-refractivity contribution is -0.138. The average Bonchev–Trinajstić information content (AvgIpc) is 2.24. The number of rotatable bonds is 6. The van der Waals surface area contributed by atoms with E-state index in [9.17, 15) is 18.0 Å². The third kappa shape index (κ3) is 6.30. The molecule has 0 aromatic carbocycles. The summed E-state index contributed by atoms with van der Waals surface area (Å²) in [6.07, 6.45) is 1.43. The van der Waals surface area contributed by atoms with Gasteiger partial charge in [-0.2, -0.15) is 13.1 Å². The lowest BCUT2D eigenvalue weighted by Crippen LogP contribution is -2.55. The second-order valence-corrected chi connectivity index (χ2v) is 6.99. The lowest BCUT2D eigenvalue weighted by atomic mass is 9.80. The maximum absolute atomic E-state index is 12.0. The van der Waals surface area contributed by atoms with Gasteiger partial charge in [0.15, 0.2) is 0 Å². The smallest absolute Gasteiger partial charge is 0.422 e. The first kappa shape index (κ1) is 17.7. The van der Waals surface area contributed by atoms with Crippen LogP contribution in [-0.4, -0.2) is 37.2 Å². The van der Waals surface area contributed by atoms with Crippen LogP contribution in [0.25, 0.3) is 0 Å². The Kier molecular flexibility index (Phi) is 5.97. The van der Waals surface area contributed by atoms with Gasteiger partial charge in [-0.25, -0.2) is 9.52 Å². The van der Waals surface area contributed by atoms with Crippen molar-refractivity contribution in [3.63, 3.8) is 0 Å². The minimum absolute atomic E-state index is 0.312. The van der Waals surface area contributed by atoms with Gasteiger partial charge < -0.3 is 9.84 Å². The van der Waals surface area contributed by atoms with Gasteiger partial charge in [-0.3, -0.25) is 4.79 Å². The molecular weight excluding hydrogens is 300 g/mol. The normalized spacial score (nSPS) is 18.2. The number of carboxylic acids is 1. The number of ether oxygens (including phenoxy) is 1. The molecule has 3 N–H and O–H groups in total. The Morgan fingerprint density at radius 2 is 1.81 bits per heavy atom. The number of hydrogen-bond acceptors (Lipinski definition) is 5. The van der Waals surface area contributed by atoms with Gasteiger partial charge in [-0.15, -0.1) is 0 Å². The molecule has 0 radical (unpaired) electrons. The van der Waals surface area contributed by atoms with Crippen LogP contribution in [0.5, 0.6) is 0 Å². The summed E-state index contributed by atoms with van der Waals surface area (Å²) in [4.78, 5) is 22.3. The molecule has 0 heterocycles. The summed E-state index contributed by atoms with van der Waals surface area (Å²) in [5.74, 6) is -1.08. The van der Waals surface area contributed by atoms with E-state index in [1.807, 2.05) is 0 Å². The molecule has 0 aromatic heterocycles. The zero-order valence-electron chi connectivity index (χ0n) is 12.2. The van der Waals surface area contributed by atoms with Gasteiger partial charge in [0, 0.05) is 5.54 Å². The molecular formula is C12H22N2O6S. The molecule has 0 saturated heterocycles. The van der Waals surface area contributed by atoms with Crippen LogP contribution in [0.3, 0.4) is 0 Å². The van der Waals surface area contributed by atoms with E-state index in [4.69, 9.17) is 9.84 Å². The highest BCUT2D eigenvalue weighted by Gasteiger charge is 2.38. The highest BCUT2D eigenvalue weighted by Crippen LogP contribution is 2.31. The van der Waals surface area contributed by atoms with Crippen LogP contribution < -0.4 is 9.44 Å². The van der Waals surface area contributed by atoms with Crippen molar-refractivity contribution in [3.8, 4) is 0 Å². The van der Waals surface area contributed by atoms with Gasteiger partial charge in [0.05, 0.1) is 12.5 Å². The van der Waals surface area contributed by atoms with Crippen molar-refractivity contribution in [2.45, 2.75) is 64.0 Å². The minimum Gasteiger partial charge on any atom is -0.481 e. The van der Waals surface area contributed by atoms with E-state index in [2.05, 4.69) is 4.72 Å². The Morgan fingerprint density at radius 1 is 1.24 bits per heavy atom. The molecule has 0 spiro atoms. The Hall–Kier alpha value is -1.35. The molecule has 8 nitrogen and oxygen atoms in total. The predicted molar refractivity (Wildman–Crippen MR) is 74.9 cm³/mol. The molecule has 1 rings (SSSR count). The SMILES string of the molecule is CC(C)OC(=O)NS(=O)(=O)NC1(CC(=O)O)CCCCC1. The third-order valence-corrected chi connectivity index (χ3v) is 4.35. The molecule has 0 bridgehead atoms. The maximum Gasteiger partial charge on any atom is 0.422 e. The number of aliphatic carboxylic acids is 1. The largest absolute Gasteiger partial charge is 0.481 e. The summed E-state index contributed by atoms with van der Waals surface area (Å²) in [6, 6.07) is 0. The first-order valence-electron chi connectivity index (χ1n) is 6.88. The third-order valence-electron chi connectivity index (χ3n) is 3.21. The monoisotopic (exact) mass is 322 g/mol. The molecule has 0 aliphatic heterocycles. The summed E-state index contributed by atoms with van der Waals surface area (Å²) in [7, 11) is -4.17. The lowest BCUT2D eigenvalue weighted by Gasteiger charge is -2.36. The van der Waals surface area contributed by atoms with Crippen molar-refractivity contribution in [2.75, 3.05) is 0 Å². The van der Waals surface area contributed by atoms with E-state index >= 15 is 0 Å². The second-order valence-electron chi connectivity index (χ2n) is 5.57. The molecule has 1 fully saturated rings. The number of carbonyl (C=O) groups is 2. The standard InChI is InChI=1S/C12H22N2O6S/c1-9(2)20-11(17)13-21(18,19)14-12(8-10(15)16)6-4-3-5-7-12/h9,14H,3-8H2,1-2H3,(H,13,17)(H,15,16). The van der Waals surface area contributed by atoms with E-state index in [1.54, 1.807) is 18.6 Å². The van der Waals surface area contributed by atoms with Crippen LogP contribution in [0.2, 0.25) is 0 Å². The molecule has 1 aliphatic carbocycles. The zero-order valence-corrected chi connectivity index (χ0v) is 13.0. The molecule has 122 valence electrons. The van der Waals surface area contributed by atoms with E-state index in [0.717, 1.165) is 19.3 Å². The molecule has 9 heteroatoms. The molecule has 1 saturated carbocycles. The van der Waals surface area contributed by atoms with Crippen molar-refractivity contribution >= 4 is 22.3 Å². The Balaban J connectivity index is 2.77. The van der Waals surface area contributed by atoms with Crippen LogP contribution in [0.15, 0.2) is 0 Å². The summed E-state index contributed by atoms with van der Waals surface area (Å²) in [6.45, 7) is 3.18. The second kappa shape index (κ2) is 7.08. The van der Waals surface area contributed by atoms with Gasteiger partial charge in [0.1, 0.15) is 0 Å². The fraction of sp³-hybridized carbons (Fsp3) is 0.833. The minimum atomic E-state index is -4.17. The van der Waals surface area contributed by atoms with E-state index in [0.29, 0.717) is 12.8 Å². The molecule has 1 amide bonds. The van der Waals surface area contributed by atoms with E-state index in [1.165, 1.54) is 0 Å². The van der Waals surface area contributed by atoms with Crippen LogP contribution >= 0.6 is 0 Å². The molecule has 1 aliphatic rings. The van der Waals surface area contributed by atoms with E-state index in [-0.39, 0.29) is 6.42 Å². The molecule has 0 unspecified atom stereocenters. The van der Waals surface area contributed by atoms with Crippen molar-refractivity contribution in [2.24, 2.45) is 0 Å². The van der Waals surface area contributed by atoms with Gasteiger partial charge in [-0.1, -0.05) is 19.3 Å². The van der Waals surface area contributed by atoms with Crippen LogP contribution in [0, 0.1) is 0 Å². The predicted octanol–water partition coefficient (Wildman–Crippen LogP) is 1.13. The van der Waals surface area contributed by atoms with Gasteiger partial charge in [0.25, 0.3) is 0 Å². The number of nitrogens with one attached hydrogen (secondary N) is 2. The highest BCUT2D eigenvalue weighted by molar-refractivity contribution is 7.88. The quantitative estimate of drug-likeness (QED) is 0.674. The number of hydrogen-bond donors (Lipinski definition) is 3. The summed E-state index contributed by atoms with van der Waals surface area (Å²) < 4.78 is 32.7. The van der Waals surface area contributed by atoms with Crippen LogP contribution in [0.4, 0.5) is 4.79 Å². The van der Waals surface area contributed by atoms with Crippen LogP contribution in [0.1, 0.15) is 52.4 Å². The van der Waals surface area contributed by atoms with Crippen molar-refractivity contribution in [1.29, 1.82) is 0 Å². The average molecular weight is 322 g/mol. The first-order valence-corrected chi connectivity index (χ1v) is 8.37. The van der Waals surface area contributed by atoms with Gasteiger partial charge in [-0.05, 0) is 26.7 Å². The van der Waals surface area contributed by atoms with Gasteiger partial charge >= 0.3 is 22.3 Å². The fourth-order valence-electron chi connectivity index (χ4n) is 2.49.